The molecule has 0 amide bonds. The van der Waals surface area contributed by atoms with Gasteiger partial charge in [-0.1, -0.05) is 30.3 Å². The van der Waals surface area contributed by atoms with Crippen molar-refractivity contribution in [2.45, 2.75) is 37.3 Å². The molecule has 0 radical (unpaired) electrons. The van der Waals surface area contributed by atoms with Gasteiger partial charge in [0.1, 0.15) is 0 Å². The molecule has 0 heterocycles. The molecular weight excluding hydrogens is 172 g/mol. The minimum absolute atomic E-state index is 0.175. The van der Waals surface area contributed by atoms with Gasteiger partial charge in [0.2, 0.25) is 0 Å². The van der Waals surface area contributed by atoms with E-state index in [4.69, 9.17) is 11.5 Å². The zero-order valence-electron chi connectivity index (χ0n) is 8.39. The maximum absolute atomic E-state index is 5.98. The van der Waals surface area contributed by atoms with Gasteiger partial charge in [-0.25, -0.2) is 0 Å². The maximum atomic E-state index is 5.98. The zero-order valence-corrected chi connectivity index (χ0v) is 8.39. The third-order valence-corrected chi connectivity index (χ3v) is 3.23. The molecule has 1 aliphatic carbocycles. The monoisotopic (exact) mass is 190 g/mol. The van der Waals surface area contributed by atoms with E-state index >= 15 is 0 Å². The molecule has 1 aromatic carbocycles. The van der Waals surface area contributed by atoms with Gasteiger partial charge in [-0.15, -0.1) is 0 Å². The summed E-state index contributed by atoms with van der Waals surface area (Å²) in [5.41, 5.74) is 13.3. The first kappa shape index (κ1) is 9.69. The van der Waals surface area contributed by atoms with Crippen molar-refractivity contribution in [3.63, 3.8) is 0 Å². The van der Waals surface area contributed by atoms with E-state index in [2.05, 4.69) is 30.3 Å². The van der Waals surface area contributed by atoms with Crippen LogP contribution in [0.1, 0.15) is 30.7 Å². The average Bonchev–Trinajstić information content (AvgIpc) is 2.23. The molecule has 3 atom stereocenters. The molecule has 1 saturated carbocycles. The Bertz CT molecular complexity index is 284. The van der Waals surface area contributed by atoms with Crippen LogP contribution in [0.15, 0.2) is 30.3 Å². The largest absolute Gasteiger partial charge is 0.326 e. The molecule has 0 spiro atoms. The fourth-order valence-electron chi connectivity index (χ4n) is 2.26. The molecule has 2 rings (SSSR count). The van der Waals surface area contributed by atoms with Crippen molar-refractivity contribution in [3.05, 3.63) is 35.9 Å². The van der Waals surface area contributed by atoms with E-state index in [1.165, 1.54) is 12.0 Å². The van der Waals surface area contributed by atoms with Gasteiger partial charge in [-0.3, -0.25) is 0 Å². The summed E-state index contributed by atoms with van der Waals surface area (Å²) in [6, 6.07) is 11.0. The summed E-state index contributed by atoms with van der Waals surface area (Å²) in [7, 11) is 0. The highest BCUT2D eigenvalue weighted by Crippen LogP contribution is 2.31. The predicted molar refractivity (Wildman–Crippen MR) is 59.0 cm³/mol. The van der Waals surface area contributed by atoms with Gasteiger partial charge in [-0.2, -0.15) is 0 Å². The Hall–Kier alpha value is -0.860. The number of hydrogen-bond acceptors (Lipinski definition) is 2. The van der Waals surface area contributed by atoms with Crippen molar-refractivity contribution in [1.29, 1.82) is 0 Å². The molecule has 1 fully saturated rings. The Morgan fingerprint density at radius 2 is 1.64 bits per heavy atom. The van der Waals surface area contributed by atoms with Gasteiger partial charge < -0.3 is 11.5 Å². The molecule has 4 N–H and O–H groups in total. The van der Waals surface area contributed by atoms with Crippen LogP contribution < -0.4 is 11.5 Å². The minimum Gasteiger partial charge on any atom is -0.326 e. The van der Waals surface area contributed by atoms with Gasteiger partial charge in [0.25, 0.3) is 0 Å². The Morgan fingerprint density at radius 3 is 2.29 bits per heavy atom. The van der Waals surface area contributed by atoms with Gasteiger partial charge in [-0.05, 0) is 30.7 Å². The Labute approximate surface area is 85.3 Å². The van der Waals surface area contributed by atoms with Crippen LogP contribution in [0.25, 0.3) is 0 Å². The summed E-state index contributed by atoms with van der Waals surface area (Å²) < 4.78 is 0. The normalized spacial score (nSPS) is 32.9. The lowest BCUT2D eigenvalue weighted by molar-refractivity contribution is 0.347. The van der Waals surface area contributed by atoms with E-state index in [-0.39, 0.29) is 12.1 Å². The highest BCUT2D eigenvalue weighted by Gasteiger charge is 2.25. The van der Waals surface area contributed by atoms with Crippen LogP contribution in [0, 0.1) is 0 Å². The molecule has 0 aliphatic heterocycles. The third kappa shape index (κ3) is 1.97. The van der Waals surface area contributed by atoms with Crippen molar-refractivity contribution < 1.29 is 0 Å². The highest BCUT2D eigenvalue weighted by atomic mass is 14.8. The summed E-state index contributed by atoms with van der Waals surface area (Å²) in [6.07, 6.45) is 3.27. The molecule has 2 heteroatoms. The average molecular weight is 190 g/mol. The highest BCUT2D eigenvalue weighted by molar-refractivity contribution is 5.20. The van der Waals surface area contributed by atoms with E-state index in [1.807, 2.05) is 0 Å². The first-order chi connectivity index (χ1) is 6.77. The van der Waals surface area contributed by atoms with Crippen molar-refractivity contribution in [1.82, 2.24) is 0 Å². The number of rotatable bonds is 1. The van der Waals surface area contributed by atoms with Crippen LogP contribution in [0.3, 0.4) is 0 Å². The molecule has 0 saturated heterocycles. The molecule has 1 aromatic rings. The minimum atomic E-state index is 0.175. The summed E-state index contributed by atoms with van der Waals surface area (Å²) in [5.74, 6) is 0.617. The quantitative estimate of drug-likeness (QED) is 0.707. The number of benzene rings is 1. The van der Waals surface area contributed by atoms with Crippen LogP contribution in [0.5, 0.6) is 0 Å². The second-order valence-corrected chi connectivity index (χ2v) is 4.25. The van der Waals surface area contributed by atoms with E-state index in [1.54, 1.807) is 0 Å². The molecule has 2 nitrogen and oxygen atoms in total. The van der Waals surface area contributed by atoms with E-state index < -0.39 is 0 Å². The van der Waals surface area contributed by atoms with Crippen molar-refractivity contribution in [2.75, 3.05) is 0 Å². The lowest BCUT2D eigenvalue weighted by Gasteiger charge is -2.31. The summed E-state index contributed by atoms with van der Waals surface area (Å²) in [5, 5.41) is 0. The maximum Gasteiger partial charge on any atom is 0.0198 e. The fraction of sp³-hybridized carbons (Fsp3) is 0.500. The topological polar surface area (TPSA) is 52.0 Å². The third-order valence-electron chi connectivity index (χ3n) is 3.23. The second kappa shape index (κ2) is 4.11. The molecular formula is C12H18N2. The van der Waals surface area contributed by atoms with Crippen LogP contribution >= 0.6 is 0 Å². The summed E-state index contributed by atoms with van der Waals surface area (Å²) in [4.78, 5) is 0. The number of hydrogen-bond donors (Lipinski definition) is 2. The zero-order chi connectivity index (χ0) is 9.97. The van der Waals surface area contributed by atoms with E-state index in [0.29, 0.717) is 5.92 Å². The molecule has 76 valence electrons. The SMILES string of the molecule is N[C@@H]1CCC(c2ccccc2)C[C@H]1N. The first-order valence-corrected chi connectivity index (χ1v) is 5.33. The van der Waals surface area contributed by atoms with Gasteiger partial charge in [0.15, 0.2) is 0 Å². The van der Waals surface area contributed by atoms with Gasteiger partial charge in [0, 0.05) is 12.1 Å². The van der Waals surface area contributed by atoms with Crippen molar-refractivity contribution >= 4 is 0 Å². The lowest BCUT2D eigenvalue weighted by atomic mass is 9.79. The Morgan fingerprint density at radius 1 is 0.929 bits per heavy atom. The van der Waals surface area contributed by atoms with Crippen molar-refractivity contribution in [3.8, 4) is 0 Å². The molecule has 0 bridgehead atoms. The smallest absolute Gasteiger partial charge is 0.0198 e. The van der Waals surface area contributed by atoms with Gasteiger partial charge in [0.05, 0.1) is 0 Å². The van der Waals surface area contributed by atoms with Crippen molar-refractivity contribution in [2.24, 2.45) is 11.5 Å². The molecule has 14 heavy (non-hydrogen) atoms. The molecule has 1 unspecified atom stereocenters. The van der Waals surface area contributed by atoms with Crippen LogP contribution in [0.2, 0.25) is 0 Å². The van der Waals surface area contributed by atoms with Crippen LogP contribution in [-0.4, -0.2) is 12.1 Å². The Kier molecular flexibility index (Phi) is 2.85. The Balaban J connectivity index is 2.07. The predicted octanol–water partition coefficient (Wildman–Crippen LogP) is 1.61. The molecule has 0 aromatic heterocycles. The van der Waals surface area contributed by atoms with E-state index in [9.17, 15) is 0 Å². The lowest BCUT2D eigenvalue weighted by Crippen LogP contribution is -2.45. The number of nitrogens with two attached hydrogens (primary N) is 2. The second-order valence-electron chi connectivity index (χ2n) is 4.25. The van der Waals surface area contributed by atoms with Crippen LogP contribution in [0.4, 0.5) is 0 Å². The standard InChI is InChI=1S/C12H18N2/c13-11-7-6-10(8-12(11)14)9-4-2-1-3-5-9/h1-5,10-12H,6-8,13-14H2/t10?,11-,12-/m1/s1. The van der Waals surface area contributed by atoms with Gasteiger partial charge >= 0.3 is 0 Å². The summed E-state index contributed by atoms with van der Waals surface area (Å²) >= 11 is 0. The first-order valence-electron chi connectivity index (χ1n) is 5.33. The fourth-order valence-corrected chi connectivity index (χ4v) is 2.26. The van der Waals surface area contributed by atoms with E-state index in [0.717, 1.165) is 12.8 Å². The molecule has 1 aliphatic rings. The van der Waals surface area contributed by atoms with Crippen LogP contribution in [-0.2, 0) is 0 Å². The summed E-state index contributed by atoms with van der Waals surface area (Å²) in [6.45, 7) is 0.